The van der Waals surface area contributed by atoms with Crippen LogP contribution in [0.15, 0.2) is 11.2 Å². The number of aromatic nitrogens is 2. The Balaban J connectivity index is 2.17. The van der Waals surface area contributed by atoms with Crippen molar-refractivity contribution in [3.05, 3.63) is 6.07 Å². The zero-order valence-corrected chi connectivity index (χ0v) is 14.9. The van der Waals surface area contributed by atoms with Gasteiger partial charge in [-0.25, -0.2) is 9.97 Å². The van der Waals surface area contributed by atoms with E-state index in [1.54, 1.807) is 11.8 Å². The van der Waals surface area contributed by atoms with Crippen LogP contribution in [0.5, 0.6) is 0 Å². The van der Waals surface area contributed by atoms with Gasteiger partial charge in [0.1, 0.15) is 11.6 Å². The lowest BCUT2D eigenvalue weighted by molar-refractivity contribution is 0.105. The van der Waals surface area contributed by atoms with Crippen LogP contribution in [0, 0.1) is 10.8 Å². The minimum Gasteiger partial charge on any atom is -0.373 e. The van der Waals surface area contributed by atoms with Gasteiger partial charge in [0.25, 0.3) is 0 Å². The summed E-state index contributed by atoms with van der Waals surface area (Å²) in [6, 6.07) is 2.46. The van der Waals surface area contributed by atoms with Crippen molar-refractivity contribution in [2.24, 2.45) is 10.8 Å². The second kappa shape index (κ2) is 6.03. The quantitative estimate of drug-likeness (QED) is 0.643. The number of hydrogen-bond acceptors (Lipinski definition) is 5. The van der Waals surface area contributed by atoms with Crippen molar-refractivity contribution in [1.29, 1.82) is 0 Å². The summed E-state index contributed by atoms with van der Waals surface area (Å²) < 4.78 is 0. The largest absolute Gasteiger partial charge is 0.373 e. The van der Waals surface area contributed by atoms with E-state index in [9.17, 15) is 0 Å². The van der Waals surface area contributed by atoms with Crippen molar-refractivity contribution >= 4 is 23.4 Å². The van der Waals surface area contributed by atoms with Crippen LogP contribution in [-0.4, -0.2) is 29.3 Å². The summed E-state index contributed by atoms with van der Waals surface area (Å²) in [5.74, 6) is 1.79. The van der Waals surface area contributed by atoms with E-state index in [2.05, 4.69) is 48.3 Å². The fourth-order valence-electron chi connectivity index (χ4n) is 3.88. The molecule has 1 aromatic heterocycles. The topological polar surface area (TPSA) is 49.8 Å². The highest BCUT2D eigenvalue weighted by molar-refractivity contribution is 7.98. The minimum atomic E-state index is 0.376. The first-order chi connectivity index (χ1) is 9.73. The van der Waals surface area contributed by atoms with Gasteiger partial charge in [-0.2, -0.15) is 0 Å². The summed E-state index contributed by atoms with van der Waals surface area (Å²) in [6.07, 6.45) is 5.65. The third-order valence-electron chi connectivity index (χ3n) is 4.05. The van der Waals surface area contributed by atoms with Gasteiger partial charge in [-0.15, -0.1) is 0 Å². The van der Waals surface area contributed by atoms with E-state index >= 15 is 0 Å². The molecule has 1 aliphatic carbocycles. The molecule has 0 atom stereocenters. The number of rotatable bonds is 4. The molecule has 2 N–H and O–H groups in total. The Bertz CT molecular complexity index is 461. The van der Waals surface area contributed by atoms with Crippen LogP contribution in [0.4, 0.5) is 11.6 Å². The van der Waals surface area contributed by atoms with Gasteiger partial charge in [0, 0.05) is 19.2 Å². The molecule has 0 radical (unpaired) electrons. The Morgan fingerprint density at radius 1 is 1.10 bits per heavy atom. The lowest BCUT2D eigenvalue weighted by Gasteiger charge is -2.45. The van der Waals surface area contributed by atoms with E-state index in [0.717, 1.165) is 16.8 Å². The van der Waals surface area contributed by atoms with Gasteiger partial charge < -0.3 is 10.6 Å². The van der Waals surface area contributed by atoms with Crippen LogP contribution < -0.4 is 10.6 Å². The normalized spacial score (nSPS) is 21.0. The standard InChI is InChI=1S/C16H28N4S/c1-15(2)8-11(9-16(3,4)10-15)18-13-7-12(17-5)19-14(20-13)21-6/h7,11H,8-10H2,1-6H3,(H2,17,18,19,20). The molecule has 0 amide bonds. The molecule has 0 aliphatic heterocycles. The van der Waals surface area contributed by atoms with Crippen molar-refractivity contribution in [1.82, 2.24) is 9.97 Å². The highest BCUT2D eigenvalue weighted by Gasteiger charge is 2.38. The molecule has 0 unspecified atom stereocenters. The molecule has 1 heterocycles. The Kier molecular flexibility index (Phi) is 4.71. The number of hydrogen-bond donors (Lipinski definition) is 2. The summed E-state index contributed by atoms with van der Waals surface area (Å²) in [5.41, 5.74) is 0.751. The lowest BCUT2D eigenvalue weighted by Crippen LogP contribution is -2.40. The van der Waals surface area contributed by atoms with Crippen LogP contribution in [0.3, 0.4) is 0 Å². The molecule has 21 heavy (non-hydrogen) atoms. The summed E-state index contributed by atoms with van der Waals surface area (Å²) in [6.45, 7) is 9.48. The number of nitrogens with one attached hydrogen (secondary N) is 2. The fourth-order valence-corrected chi connectivity index (χ4v) is 4.25. The van der Waals surface area contributed by atoms with Crippen molar-refractivity contribution in [2.75, 3.05) is 23.9 Å². The van der Waals surface area contributed by atoms with Crippen molar-refractivity contribution in [3.63, 3.8) is 0 Å². The fraction of sp³-hybridized carbons (Fsp3) is 0.750. The summed E-state index contributed by atoms with van der Waals surface area (Å²) >= 11 is 1.57. The van der Waals surface area contributed by atoms with E-state index in [1.165, 1.54) is 19.3 Å². The van der Waals surface area contributed by atoms with Crippen LogP contribution >= 0.6 is 11.8 Å². The van der Waals surface area contributed by atoms with E-state index in [4.69, 9.17) is 0 Å². The Morgan fingerprint density at radius 2 is 1.67 bits per heavy atom. The van der Waals surface area contributed by atoms with Gasteiger partial charge in [0.05, 0.1) is 0 Å². The van der Waals surface area contributed by atoms with E-state index in [-0.39, 0.29) is 0 Å². The van der Waals surface area contributed by atoms with Gasteiger partial charge >= 0.3 is 0 Å². The van der Waals surface area contributed by atoms with Gasteiger partial charge in [-0.1, -0.05) is 39.5 Å². The Labute approximate surface area is 132 Å². The molecule has 1 saturated carbocycles. The Morgan fingerprint density at radius 3 is 2.19 bits per heavy atom. The van der Waals surface area contributed by atoms with Gasteiger partial charge in [-0.3, -0.25) is 0 Å². The van der Waals surface area contributed by atoms with E-state index in [1.807, 2.05) is 19.4 Å². The van der Waals surface area contributed by atoms with Crippen molar-refractivity contribution in [2.45, 2.75) is 58.2 Å². The molecule has 2 rings (SSSR count). The second-order valence-electron chi connectivity index (χ2n) is 7.63. The SMILES string of the molecule is CNc1cc(NC2CC(C)(C)CC(C)(C)C2)nc(SC)n1. The molecular weight excluding hydrogens is 280 g/mol. The average Bonchev–Trinajstić information content (AvgIpc) is 2.34. The molecule has 1 aromatic rings. The van der Waals surface area contributed by atoms with E-state index in [0.29, 0.717) is 16.9 Å². The van der Waals surface area contributed by atoms with E-state index < -0.39 is 0 Å². The summed E-state index contributed by atoms with van der Waals surface area (Å²) in [4.78, 5) is 9.01. The predicted octanol–water partition coefficient (Wildman–Crippen LogP) is 4.26. The predicted molar refractivity (Wildman–Crippen MR) is 92.2 cm³/mol. The second-order valence-corrected chi connectivity index (χ2v) is 8.40. The zero-order chi connectivity index (χ0) is 15.7. The minimum absolute atomic E-state index is 0.376. The highest BCUT2D eigenvalue weighted by atomic mass is 32.2. The van der Waals surface area contributed by atoms with Crippen LogP contribution in [0.1, 0.15) is 47.0 Å². The number of nitrogens with zero attached hydrogens (tertiary/aromatic N) is 2. The summed E-state index contributed by atoms with van der Waals surface area (Å²) in [7, 11) is 1.89. The molecular formula is C16H28N4S. The van der Waals surface area contributed by atoms with Crippen molar-refractivity contribution < 1.29 is 0 Å². The maximum atomic E-state index is 4.59. The van der Waals surface area contributed by atoms with Crippen LogP contribution in [0.25, 0.3) is 0 Å². The first kappa shape index (κ1) is 16.4. The summed E-state index contributed by atoms with van der Waals surface area (Å²) in [5, 5.41) is 7.55. The molecule has 118 valence electrons. The monoisotopic (exact) mass is 308 g/mol. The van der Waals surface area contributed by atoms with Crippen LogP contribution in [0.2, 0.25) is 0 Å². The smallest absolute Gasteiger partial charge is 0.191 e. The zero-order valence-electron chi connectivity index (χ0n) is 14.1. The van der Waals surface area contributed by atoms with Gasteiger partial charge in [0.15, 0.2) is 5.16 Å². The highest BCUT2D eigenvalue weighted by Crippen LogP contribution is 2.46. The first-order valence-corrected chi connectivity index (χ1v) is 8.83. The average molecular weight is 308 g/mol. The third-order valence-corrected chi connectivity index (χ3v) is 4.60. The molecule has 1 fully saturated rings. The van der Waals surface area contributed by atoms with Crippen LogP contribution in [-0.2, 0) is 0 Å². The van der Waals surface area contributed by atoms with Gasteiger partial charge in [-0.05, 0) is 36.3 Å². The maximum Gasteiger partial charge on any atom is 0.191 e. The van der Waals surface area contributed by atoms with Gasteiger partial charge in [0.2, 0.25) is 0 Å². The molecule has 0 bridgehead atoms. The maximum absolute atomic E-state index is 4.59. The molecule has 5 heteroatoms. The molecule has 1 aliphatic rings. The number of anilines is 2. The molecule has 0 saturated heterocycles. The lowest BCUT2D eigenvalue weighted by atomic mass is 9.63. The Hall–Kier alpha value is -0.970. The van der Waals surface area contributed by atoms with Crippen molar-refractivity contribution in [3.8, 4) is 0 Å². The number of thioether (sulfide) groups is 1. The molecule has 0 aromatic carbocycles. The first-order valence-electron chi connectivity index (χ1n) is 7.60. The molecule has 0 spiro atoms. The third kappa shape index (κ3) is 4.50. The molecule has 4 nitrogen and oxygen atoms in total.